The summed E-state index contributed by atoms with van der Waals surface area (Å²) < 4.78 is 27.1. The predicted molar refractivity (Wildman–Crippen MR) is 74.0 cm³/mol. The van der Waals surface area contributed by atoms with Gasteiger partial charge in [-0.1, -0.05) is 13.8 Å². The van der Waals surface area contributed by atoms with Crippen LogP contribution in [0, 0.1) is 27.7 Å². The lowest BCUT2D eigenvalue weighted by Gasteiger charge is -2.10. The lowest BCUT2D eigenvalue weighted by molar-refractivity contribution is -0.385. The van der Waals surface area contributed by atoms with Crippen LogP contribution in [0.2, 0.25) is 0 Å². The molecule has 0 aliphatic rings. The number of amides is 1. The number of carbonyl (C=O) groups excluding carboxylic acids is 1. The van der Waals surface area contributed by atoms with E-state index in [9.17, 15) is 23.7 Å². The highest BCUT2D eigenvalue weighted by molar-refractivity contribution is 5.76. The highest BCUT2D eigenvalue weighted by atomic mass is 19.1. The number of nitro benzene ring substituents is 1. The summed E-state index contributed by atoms with van der Waals surface area (Å²) in [5, 5.41) is 15.5. The number of nitrogens with zero attached hydrogens (tertiary/aromatic N) is 1. The van der Waals surface area contributed by atoms with Crippen LogP contribution in [-0.4, -0.2) is 23.9 Å². The molecule has 0 aromatic heterocycles. The number of non-ortho nitro benzene ring substituents is 1. The van der Waals surface area contributed by atoms with Crippen LogP contribution in [0.5, 0.6) is 0 Å². The van der Waals surface area contributed by atoms with Gasteiger partial charge in [0.25, 0.3) is 5.69 Å². The van der Waals surface area contributed by atoms with Gasteiger partial charge in [-0.05, 0) is 5.92 Å². The minimum Gasteiger partial charge on any atom is -0.380 e. The third-order valence-corrected chi connectivity index (χ3v) is 2.60. The molecule has 0 atom stereocenters. The maximum absolute atomic E-state index is 13.5. The molecule has 0 bridgehead atoms. The van der Waals surface area contributed by atoms with E-state index in [0.29, 0.717) is 24.6 Å². The Morgan fingerprint density at radius 2 is 1.90 bits per heavy atom. The monoisotopic (exact) mass is 301 g/mol. The first-order chi connectivity index (χ1) is 9.81. The molecule has 1 rings (SSSR count). The fraction of sp³-hybridized carbons (Fsp3) is 0.462. The van der Waals surface area contributed by atoms with Crippen LogP contribution in [-0.2, 0) is 4.79 Å². The average molecular weight is 301 g/mol. The summed E-state index contributed by atoms with van der Waals surface area (Å²) in [6.07, 6.45) is 0.0442. The molecule has 0 saturated heterocycles. The normalized spacial score (nSPS) is 10.5. The first-order valence-electron chi connectivity index (χ1n) is 6.45. The molecule has 21 heavy (non-hydrogen) atoms. The number of nitrogens with one attached hydrogen (secondary N) is 2. The Labute approximate surface area is 120 Å². The predicted octanol–water partition coefficient (Wildman–Crippen LogP) is 2.45. The number of hydrogen-bond donors (Lipinski definition) is 2. The van der Waals surface area contributed by atoms with Gasteiger partial charge in [0.2, 0.25) is 5.91 Å². The van der Waals surface area contributed by atoms with Crippen LogP contribution in [0.15, 0.2) is 12.1 Å². The Hall–Kier alpha value is -2.25. The smallest absolute Gasteiger partial charge is 0.275 e. The second kappa shape index (κ2) is 7.51. The van der Waals surface area contributed by atoms with Gasteiger partial charge < -0.3 is 10.6 Å². The van der Waals surface area contributed by atoms with E-state index in [1.807, 2.05) is 13.8 Å². The van der Waals surface area contributed by atoms with Crippen molar-refractivity contribution in [3.8, 4) is 0 Å². The van der Waals surface area contributed by atoms with E-state index in [0.717, 1.165) is 0 Å². The Morgan fingerprint density at radius 1 is 1.33 bits per heavy atom. The molecule has 0 aliphatic heterocycles. The molecule has 0 aliphatic carbocycles. The largest absolute Gasteiger partial charge is 0.380 e. The molecule has 1 amide bonds. The molecule has 2 N–H and O–H groups in total. The Morgan fingerprint density at radius 3 is 2.38 bits per heavy atom. The summed E-state index contributed by atoms with van der Waals surface area (Å²) in [5.74, 6) is -2.06. The minimum atomic E-state index is -1.07. The number of rotatable bonds is 7. The maximum Gasteiger partial charge on any atom is 0.275 e. The van der Waals surface area contributed by atoms with Crippen molar-refractivity contribution >= 4 is 17.3 Å². The Kier molecular flexibility index (Phi) is 6.01. The third-order valence-electron chi connectivity index (χ3n) is 2.60. The molecule has 1 aromatic carbocycles. The Balaban J connectivity index is 2.56. The van der Waals surface area contributed by atoms with Crippen molar-refractivity contribution < 1.29 is 18.5 Å². The molecule has 0 fully saturated rings. The molecular weight excluding hydrogens is 284 g/mol. The number of nitro groups is 1. The van der Waals surface area contributed by atoms with Crippen molar-refractivity contribution in [3.63, 3.8) is 0 Å². The van der Waals surface area contributed by atoms with Gasteiger partial charge in [-0.15, -0.1) is 0 Å². The van der Waals surface area contributed by atoms with Gasteiger partial charge in [0, 0.05) is 19.5 Å². The molecular formula is C13H17F2N3O3. The van der Waals surface area contributed by atoms with Gasteiger partial charge in [-0.3, -0.25) is 14.9 Å². The van der Waals surface area contributed by atoms with Gasteiger partial charge in [0.05, 0.1) is 17.1 Å². The van der Waals surface area contributed by atoms with E-state index in [-0.39, 0.29) is 18.9 Å². The van der Waals surface area contributed by atoms with Crippen molar-refractivity contribution in [1.29, 1.82) is 0 Å². The van der Waals surface area contributed by atoms with Crippen LogP contribution in [0.4, 0.5) is 20.2 Å². The van der Waals surface area contributed by atoms with E-state index in [1.54, 1.807) is 0 Å². The van der Waals surface area contributed by atoms with Gasteiger partial charge in [-0.2, -0.15) is 0 Å². The first kappa shape index (κ1) is 16.8. The SMILES string of the molecule is CC(C)CNC(=O)CCNc1c(F)cc([N+](=O)[O-])cc1F. The number of anilines is 1. The molecule has 6 nitrogen and oxygen atoms in total. The van der Waals surface area contributed by atoms with Crippen molar-refractivity contribution in [2.45, 2.75) is 20.3 Å². The summed E-state index contributed by atoms with van der Waals surface area (Å²) in [4.78, 5) is 21.0. The highest BCUT2D eigenvalue weighted by Gasteiger charge is 2.16. The first-order valence-corrected chi connectivity index (χ1v) is 6.45. The minimum absolute atomic E-state index is 0.0234. The van der Waals surface area contributed by atoms with Crippen molar-refractivity contribution in [2.75, 3.05) is 18.4 Å². The molecule has 0 spiro atoms. The lowest BCUT2D eigenvalue weighted by atomic mass is 10.2. The average Bonchev–Trinajstić information content (AvgIpc) is 2.39. The van der Waals surface area contributed by atoms with Crippen molar-refractivity contribution in [2.24, 2.45) is 5.92 Å². The summed E-state index contributed by atoms with van der Waals surface area (Å²) in [7, 11) is 0. The third kappa shape index (κ3) is 5.33. The fourth-order valence-corrected chi connectivity index (χ4v) is 1.54. The van der Waals surface area contributed by atoms with E-state index < -0.39 is 27.9 Å². The zero-order chi connectivity index (χ0) is 16.0. The van der Waals surface area contributed by atoms with Crippen LogP contribution < -0.4 is 10.6 Å². The number of halogens is 2. The van der Waals surface area contributed by atoms with Gasteiger partial charge >= 0.3 is 0 Å². The van der Waals surface area contributed by atoms with Crippen LogP contribution >= 0.6 is 0 Å². The number of benzene rings is 1. The van der Waals surface area contributed by atoms with E-state index in [2.05, 4.69) is 10.6 Å². The highest BCUT2D eigenvalue weighted by Crippen LogP contribution is 2.24. The molecule has 116 valence electrons. The second-order valence-corrected chi connectivity index (χ2v) is 4.92. The Bertz CT molecular complexity index is 512. The van der Waals surface area contributed by atoms with Crippen LogP contribution in [0.3, 0.4) is 0 Å². The van der Waals surface area contributed by atoms with Crippen LogP contribution in [0.25, 0.3) is 0 Å². The summed E-state index contributed by atoms with van der Waals surface area (Å²) in [6.45, 7) is 4.44. The molecule has 0 unspecified atom stereocenters. The molecule has 0 radical (unpaired) electrons. The molecule has 0 heterocycles. The van der Waals surface area contributed by atoms with Gasteiger partial charge in [0.1, 0.15) is 5.69 Å². The zero-order valence-corrected chi connectivity index (χ0v) is 11.8. The van der Waals surface area contributed by atoms with Crippen molar-refractivity contribution in [1.82, 2.24) is 5.32 Å². The zero-order valence-electron chi connectivity index (χ0n) is 11.8. The van der Waals surface area contributed by atoms with E-state index >= 15 is 0 Å². The molecule has 1 aromatic rings. The van der Waals surface area contributed by atoms with E-state index in [4.69, 9.17) is 0 Å². The van der Waals surface area contributed by atoms with Crippen LogP contribution in [0.1, 0.15) is 20.3 Å². The topological polar surface area (TPSA) is 84.3 Å². The maximum atomic E-state index is 13.5. The van der Waals surface area contributed by atoms with Gasteiger partial charge in [-0.25, -0.2) is 8.78 Å². The number of hydrogen-bond acceptors (Lipinski definition) is 4. The molecule has 8 heteroatoms. The molecule has 0 saturated carbocycles. The lowest BCUT2D eigenvalue weighted by Crippen LogP contribution is -2.28. The van der Waals surface area contributed by atoms with E-state index in [1.165, 1.54) is 0 Å². The fourth-order valence-electron chi connectivity index (χ4n) is 1.54. The summed E-state index contributed by atoms with van der Waals surface area (Å²) >= 11 is 0. The summed E-state index contributed by atoms with van der Waals surface area (Å²) in [5.41, 5.74) is -1.14. The standard InChI is InChI=1S/C13H17F2N3O3/c1-8(2)7-17-12(19)3-4-16-13-10(14)5-9(18(20)21)6-11(13)15/h5-6,8,16H,3-4,7H2,1-2H3,(H,17,19). The van der Waals surface area contributed by atoms with Gasteiger partial charge in [0.15, 0.2) is 11.6 Å². The number of carbonyl (C=O) groups is 1. The summed E-state index contributed by atoms with van der Waals surface area (Å²) in [6, 6.07) is 1.26. The quantitative estimate of drug-likeness (QED) is 0.598. The van der Waals surface area contributed by atoms with Crippen molar-refractivity contribution in [3.05, 3.63) is 33.9 Å². The second-order valence-electron chi connectivity index (χ2n) is 4.92.